The van der Waals surface area contributed by atoms with Crippen molar-refractivity contribution in [2.45, 2.75) is 19.8 Å². The number of carboxylic acids is 1. The van der Waals surface area contributed by atoms with Crippen LogP contribution in [-0.2, 0) is 4.79 Å². The van der Waals surface area contributed by atoms with Crippen LogP contribution in [0.25, 0.3) is 0 Å². The van der Waals surface area contributed by atoms with Crippen LogP contribution in [0, 0.1) is 23.4 Å². The molecule has 0 saturated carbocycles. The molecule has 1 aromatic rings. The van der Waals surface area contributed by atoms with Crippen LogP contribution in [0.15, 0.2) is 12.1 Å². The second-order valence-electron chi connectivity index (χ2n) is 4.62. The van der Waals surface area contributed by atoms with Crippen molar-refractivity contribution < 1.29 is 27.9 Å². The van der Waals surface area contributed by atoms with Gasteiger partial charge in [-0.3, -0.25) is 4.79 Å². The van der Waals surface area contributed by atoms with Crippen LogP contribution in [-0.4, -0.2) is 23.7 Å². The van der Waals surface area contributed by atoms with Gasteiger partial charge in [-0.1, -0.05) is 6.92 Å². The average Bonchev–Trinajstić information content (AvgIpc) is 2.38. The van der Waals surface area contributed by atoms with E-state index >= 15 is 0 Å². The molecule has 21 heavy (non-hydrogen) atoms. The number of carboxylic acid groups (broad SMARTS) is 1. The Kier molecular flexibility index (Phi) is 6.01. The summed E-state index contributed by atoms with van der Waals surface area (Å²) in [7, 11) is 0. The van der Waals surface area contributed by atoms with Gasteiger partial charge in [-0.05, 0) is 12.3 Å². The summed E-state index contributed by atoms with van der Waals surface area (Å²) in [4.78, 5) is 21.9. The van der Waals surface area contributed by atoms with E-state index in [1.165, 1.54) is 0 Å². The number of urea groups is 1. The summed E-state index contributed by atoms with van der Waals surface area (Å²) in [5.74, 6) is -4.59. The number of halogens is 3. The molecular formula is C13H15F3N2O3. The molecule has 8 heteroatoms. The monoisotopic (exact) mass is 304 g/mol. The Morgan fingerprint density at radius 3 is 2.33 bits per heavy atom. The van der Waals surface area contributed by atoms with Gasteiger partial charge in [0, 0.05) is 25.1 Å². The maximum Gasteiger partial charge on any atom is 0.319 e. The number of hydrogen-bond donors (Lipinski definition) is 3. The molecule has 2 amide bonds. The van der Waals surface area contributed by atoms with Crippen LogP contribution in [0.1, 0.15) is 19.8 Å². The molecule has 0 aliphatic heterocycles. The molecule has 0 fully saturated rings. The summed E-state index contributed by atoms with van der Waals surface area (Å²) in [6.07, 6.45) is 0.320. The van der Waals surface area contributed by atoms with Crippen molar-refractivity contribution >= 4 is 17.7 Å². The topological polar surface area (TPSA) is 78.4 Å². The van der Waals surface area contributed by atoms with Gasteiger partial charge in [-0.25, -0.2) is 18.0 Å². The number of rotatable bonds is 6. The van der Waals surface area contributed by atoms with Crippen molar-refractivity contribution in [3.63, 3.8) is 0 Å². The standard InChI is InChI=1S/C13H15F3N2O3/c1-7(2-3-11(19)20)6-17-13(21)18-12-9(15)4-8(14)5-10(12)16/h4-5,7H,2-3,6H2,1H3,(H,19,20)(H2,17,18,21). The maximum atomic E-state index is 13.3. The minimum atomic E-state index is -1.22. The third-order valence-electron chi connectivity index (χ3n) is 2.71. The molecular weight excluding hydrogens is 289 g/mol. The van der Waals surface area contributed by atoms with Gasteiger partial charge in [0.15, 0.2) is 11.6 Å². The van der Waals surface area contributed by atoms with E-state index in [1.807, 2.05) is 5.32 Å². The molecule has 0 saturated heterocycles. The van der Waals surface area contributed by atoms with Crippen LogP contribution < -0.4 is 10.6 Å². The molecule has 3 N–H and O–H groups in total. The van der Waals surface area contributed by atoms with Gasteiger partial charge in [-0.2, -0.15) is 0 Å². The normalized spacial score (nSPS) is 11.8. The number of nitrogens with one attached hydrogen (secondary N) is 2. The highest BCUT2D eigenvalue weighted by atomic mass is 19.1. The van der Waals surface area contributed by atoms with Crippen molar-refractivity contribution in [1.29, 1.82) is 0 Å². The molecule has 1 unspecified atom stereocenters. The molecule has 1 aromatic carbocycles. The first kappa shape index (κ1) is 16.8. The van der Waals surface area contributed by atoms with Crippen molar-refractivity contribution in [3.05, 3.63) is 29.6 Å². The lowest BCUT2D eigenvalue weighted by atomic mass is 10.1. The molecule has 0 radical (unpaired) electrons. The smallest absolute Gasteiger partial charge is 0.319 e. The third-order valence-corrected chi connectivity index (χ3v) is 2.71. The van der Waals surface area contributed by atoms with Gasteiger partial charge >= 0.3 is 12.0 Å². The molecule has 1 atom stereocenters. The Bertz CT molecular complexity index is 514. The predicted octanol–water partition coefficient (Wildman–Crippen LogP) is 2.73. The zero-order valence-corrected chi connectivity index (χ0v) is 11.3. The summed E-state index contributed by atoms with van der Waals surface area (Å²) in [5, 5.41) is 12.8. The second kappa shape index (κ2) is 7.51. The largest absolute Gasteiger partial charge is 0.481 e. The number of anilines is 1. The highest BCUT2D eigenvalue weighted by Gasteiger charge is 2.14. The van der Waals surface area contributed by atoms with E-state index in [4.69, 9.17) is 5.11 Å². The molecule has 0 heterocycles. The van der Waals surface area contributed by atoms with E-state index in [0.717, 1.165) is 0 Å². The van der Waals surface area contributed by atoms with E-state index in [2.05, 4.69) is 5.32 Å². The number of benzene rings is 1. The minimum Gasteiger partial charge on any atom is -0.481 e. The highest BCUT2D eigenvalue weighted by Crippen LogP contribution is 2.19. The first-order valence-corrected chi connectivity index (χ1v) is 6.20. The van der Waals surface area contributed by atoms with Gasteiger partial charge in [0.25, 0.3) is 0 Å². The van der Waals surface area contributed by atoms with E-state index < -0.39 is 35.1 Å². The lowest BCUT2D eigenvalue weighted by Gasteiger charge is -2.13. The second-order valence-corrected chi connectivity index (χ2v) is 4.62. The van der Waals surface area contributed by atoms with Crippen LogP contribution in [0.2, 0.25) is 0 Å². The quantitative estimate of drug-likeness (QED) is 0.756. The highest BCUT2D eigenvalue weighted by molar-refractivity contribution is 5.89. The molecule has 0 bridgehead atoms. The first-order valence-electron chi connectivity index (χ1n) is 6.20. The number of hydrogen-bond acceptors (Lipinski definition) is 2. The summed E-state index contributed by atoms with van der Waals surface area (Å²) < 4.78 is 39.3. The van der Waals surface area contributed by atoms with Gasteiger partial charge in [-0.15, -0.1) is 0 Å². The fraction of sp³-hybridized carbons (Fsp3) is 0.385. The lowest BCUT2D eigenvalue weighted by molar-refractivity contribution is -0.137. The summed E-state index contributed by atoms with van der Waals surface area (Å²) in [6, 6.07) is 0.0455. The van der Waals surface area contributed by atoms with Crippen molar-refractivity contribution in [2.75, 3.05) is 11.9 Å². The fourth-order valence-electron chi connectivity index (χ4n) is 1.56. The molecule has 0 aliphatic carbocycles. The van der Waals surface area contributed by atoms with Crippen molar-refractivity contribution in [1.82, 2.24) is 5.32 Å². The SMILES string of the molecule is CC(CCC(=O)O)CNC(=O)Nc1c(F)cc(F)cc1F. The van der Waals surface area contributed by atoms with Gasteiger partial charge in [0.1, 0.15) is 11.5 Å². The van der Waals surface area contributed by atoms with E-state index in [-0.39, 0.29) is 18.9 Å². The molecule has 1 rings (SSSR count). The maximum absolute atomic E-state index is 13.3. The molecule has 0 aromatic heterocycles. The van der Waals surface area contributed by atoms with Gasteiger partial charge < -0.3 is 15.7 Å². The van der Waals surface area contributed by atoms with Crippen molar-refractivity contribution in [2.24, 2.45) is 5.92 Å². The Hall–Kier alpha value is -2.25. The van der Waals surface area contributed by atoms with Crippen molar-refractivity contribution in [3.8, 4) is 0 Å². The van der Waals surface area contributed by atoms with Gasteiger partial charge in [0.05, 0.1) is 0 Å². The van der Waals surface area contributed by atoms with E-state index in [1.54, 1.807) is 6.92 Å². The Labute approximate surface area is 119 Å². The lowest BCUT2D eigenvalue weighted by Crippen LogP contribution is -2.33. The Morgan fingerprint density at radius 1 is 1.24 bits per heavy atom. The number of carbonyl (C=O) groups is 2. The zero-order chi connectivity index (χ0) is 16.0. The Balaban J connectivity index is 2.49. The summed E-state index contributed by atoms with van der Waals surface area (Å²) >= 11 is 0. The Morgan fingerprint density at radius 2 is 1.81 bits per heavy atom. The van der Waals surface area contributed by atoms with Crippen LogP contribution in [0.4, 0.5) is 23.7 Å². The third kappa shape index (κ3) is 5.72. The zero-order valence-electron chi connectivity index (χ0n) is 11.3. The summed E-state index contributed by atoms with van der Waals surface area (Å²) in [5.41, 5.74) is -0.743. The minimum absolute atomic E-state index is 0.0360. The fourth-order valence-corrected chi connectivity index (χ4v) is 1.56. The average molecular weight is 304 g/mol. The van der Waals surface area contributed by atoms with E-state index in [9.17, 15) is 22.8 Å². The molecule has 0 spiro atoms. The van der Waals surface area contributed by atoms with Crippen LogP contribution in [0.5, 0.6) is 0 Å². The van der Waals surface area contributed by atoms with Crippen LogP contribution >= 0.6 is 0 Å². The van der Waals surface area contributed by atoms with Crippen LogP contribution in [0.3, 0.4) is 0 Å². The number of aliphatic carboxylic acids is 1. The summed E-state index contributed by atoms with van der Waals surface area (Å²) in [6.45, 7) is 1.87. The molecule has 0 aliphatic rings. The molecule has 116 valence electrons. The number of carbonyl (C=O) groups excluding carboxylic acids is 1. The first-order chi connectivity index (χ1) is 9.79. The van der Waals surface area contributed by atoms with Gasteiger partial charge in [0.2, 0.25) is 0 Å². The van der Waals surface area contributed by atoms with E-state index in [0.29, 0.717) is 18.6 Å². The number of amides is 2. The molecule has 5 nitrogen and oxygen atoms in total. The predicted molar refractivity (Wildman–Crippen MR) is 69.4 cm³/mol.